The minimum atomic E-state index is -1.84. The summed E-state index contributed by atoms with van der Waals surface area (Å²) in [6.45, 7) is 1.88. The molecule has 2 rings (SSSR count). The normalized spacial score (nSPS) is 12.0. The maximum atomic E-state index is 12.5. The van der Waals surface area contributed by atoms with Crippen molar-refractivity contribution in [1.82, 2.24) is 10.6 Å². The number of hydrogen-bond acceptors (Lipinski definition) is 3. The third kappa shape index (κ3) is 6.43. The molecule has 1 atom stereocenters. The Morgan fingerprint density at radius 3 is 2.44 bits per heavy atom. The van der Waals surface area contributed by atoms with Crippen LogP contribution in [0.2, 0.25) is 0 Å². The molecule has 0 heterocycles. The molecule has 0 bridgehead atoms. The Balaban J connectivity index is 2.10. The van der Waals surface area contributed by atoms with Crippen molar-refractivity contribution in [1.29, 1.82) is 0 Å². The Kier molecular flexibility index (Phi) is 7.56. The van der Waals surface area contributed by atoms with E-state index in [2.05, 4.69) is 16.0 Å². The van der Waals surface area contributed by atoms with Crippen molar-refractivity contribution >= 4 is 63.7 Å². The number of anilines is 1. The van der Waals surface area contributed by atoms with Crippen molar-refractivity contribution < 1.29 is 9.53 Å². The van der Waals surface area contributed by atoms with Crippen LogP contribution < -0.4 is 20.7 Å². The van der Waals surface area contributed by atoms with Crippen molar-refractivity contribution in [3.8, 4) is 5.75 Å². The van der Waals surface area contributed by atoms with Gasteiger partial charge in [0.2, 0.25) is 3.79 Å². The quantitative estimate of drug-likeness (QED) is 0.361. The fourth-order valence-corrected chi connectivity index (χ4v) is 2.79. The zero-order valence-corrected chi connectivity index (χ0v) is 17.6. The third-order valence-electron chi connectivity index (χ3n) is 3.51. The minimum absolute atomic E-state index is 0.153. The molecule has 3 N–H and O–H groups in total. The van der Waals surface area contributed by atoms with Gasteiger partial charge in [0.25, 0.3) is 5.91 Å². The predicted molar refractivity (Wildman–Crippen MR) is 115 cm³/mol. The number of amides is 1. The molecule has 27 heavy (non-hydrogen) atoms. The Morgan fingerprint density at radius 2 is 1.81 bits per heavy atom. The van der Waals surface area contributed by atoms with E-state index < -0.39 is 15.9 Å². The number of benzene rings is 2. The number of carbonyl (C=O) groups excluding carboxylic acids is 1. The van der Waals surface area contributed by atoms with Crippen LogP contribution in [0.4, 0.5) is 5.69 Å². The molecule has 0 aliphatic carbocycles. The summed E-state index contributed by atoms with van der Waals surface area (Å²) in [5.74, 6) is 0.193. The zero-order chi connectivity index (χ0) is 20.0. The van der Waals surface area contributed by atoms with Crippen LogP contribution in [0.15, 0.2) is 48.5 Å². The van der Waals surface area contributed by atoms with Crippen LogP contribution in [-0.4, -0.2) is 28.1 Å². The van der Waals surface area contributed by atoms with Crippen molar-refractivity contribution in [3.63, 3.8) is 0 Å². The average molecular weight is 447 g/mol. The first-order chi connectivity index (χ1) is 12.7. The highest BCUT2D eigenvalue weighted by atomic mass is 35.6. The molecular weight excluding hydrogens is 429 g/mol. The number of carbonyl (C=O) groups is 1. The van der Waals surface area contributed by atoms with Crippen molar-refractivity contribution in [2.75, 3.05) is 12.4 Å². The van der Waals surface area contributed by atoms with Gasteiger partial charge in [0.15, 0.2) is 5.11 Å². The number of hydrogen-bond donors (Lipinski definition) is 3. The molecule has 0 saturated heterocycles. The third-order valence-corrected chi connectivity index (χ3v) is 4.39. The summed E-state index contributed by atoms with van der Waals surface area (Å²) in [4.78, 5) is 12.5. The SMILES string of the molecule is COc1ccccc1NC(=S)N[C@@H](NC(=O)c1cccc(C)c1)C(Cl)(Cl)Cl. The number of alkyl halides is 3. The molecule has 0 unspecified atom stereocenters. The van der Waals surface area contributed by atoms with Crippen LogP contribution in [0.25, 0.3) is 0 Å². The van der Waals surface area contributed by atoms with Crippen LogP contribution in [-0.2, 0) is 0 Å². The van der Waals surface area contributed by atoms with Gasteiger partial charge in [-0.05, 0) is 43.4 Å². The smallest absolute Gasteiger partial charge is 0.252 e. The highest BCUT2D eigenvalue weighted by molar-refractivity contribution is 7.80. The van der Waals surface area contributed by atoms with Gasteiger partial charge in [-0.15, -0.1) is 0 Å². The number of rotatable bonds is 5. The minimum Gasteiger partial charge on any atom is -0.495 e. The van der Waals surface area contributed by atoms with Gasteiger partial charge in [-0.1, -0.05) is 64.6 Å². The number of methoxy groups -OCH3 is 1. The van der Waals surface area contributed by atoms with E-state index in [4.69, 9.17) is 51.8 Å². The van der Waals surface area contributed by atoms with E-state index in [9.17, 15) is 4.79 Å². The molecule has 5 nitrogen and oxygen atoms in total. The maximum absolute atomic E-state index is 12.5. The van der Waals surface area contributed by atoms with Gasteiger partial charge in [-0.2, -0.15) is 0 Å². The lowest BCUT2D eigenvalue weighted by atomic mass is 10.1. The molecule has 1 amide bonds. The summed E-state index contributed by atoms with van der Waals surface area (Å²) in [7, 11) is 1.54. The molecule has 144 valence electrons. The summed E-state index contributed by atoms with van der Waals surface area (Å²) in [6.07, 6.45) is -1.06. The number of nitrogens with one attached hydrogen (secondary N) is 3. The largest absolute Gasteiger partial charge is 0.495 e. The van der Waals surface area contributed by atoms with E-state index in [1.54, 1.807) is 37.4 Å². The second kappa shape index (κ2) is 9.46. The van der Waals surface area contributed by atoms with Crippen LogP contribution >= 0.6 is 47.0 Å². The van der Waals surface area contributed by atoms with Gasteiger partial charge in [-0.25, -0.2) is 0 Å². The van der Waals surface area contributed by atoms with E-state index in [-0.39, 0.29) is 5.11 Å². The second-order valence-corrected chi connectivity index (χ2v) is 8.39. The van der Waals surface area contributed by atoms with Crippen molar-refractivity contribution in [3.05, 3.63) is 59.7 Å². The molecular formula is C18H18Cl3N3O2S. The first kappa shape index (κ1) is 21.6. The molecule has 0 spiro atoms. The van der Waals surface area contributed by atoms with Gasteiger partial charge in [0.1, 0.15) is 11.9 Å². The van der Waals surface area contributed by atoms with E-state index in [1.807, 2.05) is 25.1 Å². The van der Waals surface area contributed by atoms with Crippen LogP contribution in [0.5, 0.6) is 5.75 Å². The van der Waals surface area contributed by atoms with Crippen LogP contribution in [0.3, 0.4) is 0 Å². The molecule has 0 fully saturated rings. The van der Waals surface area contributed by atoms with Gasteiger partial charge >= 0.3 is 0 Å². The van der Waals surface area contributed by atoms with Gasteiger partial charge in [0.05, 0.1) is 12.8 Å². The summed E-state index contributed by atoms with van der Waals surface area (Å²) < 4.78 is 3.41. The van der Waals surface area contributed by atoms with E-state index in [0.717, 1.165) is 5.56 Å². The predicted octanol–water partition coefficient (Wildman–Crippen LogP) is 4.42. The Hall–Kier alpha value is -1.73. The summed E-state index contributed by atoms with van der Waals surface area (Å²) in [5, 5.41) is 8.56. The number of ether oxygens (including phenoxy) is 1. The highest BCUT2D eigenvalue weighted by Gasteiger charge is 2.35. The summed E-state index contributed by atoms with van der Waals surface area (Å²) in [5.41, 5.74) is 2.01. The zero-order valence-electron chi connectivity index (χ0n) is 14.6. The Labute approximate surface area is 178 Å². The van der Waals surface area contributed by atoms with Crippen molar-refractivity contribution in [2.45, 2.75) is 16.9 Å². The fourth-order valence-electron chi connectivity index (χ4n) is 2.24. The number of thiocarbonyl (C=S) groups is 1. The standard InChI is InChI=1S/C18H18Cl3N3O2S/c1-11-6-5-7-12(10-11)15(25)23-16(18(19,20)21)24-17(27)22-13-8-3-4-9-14(13)26-2/h3-10,16H,1-2H3,(H,23,25)(H2,22,24,27)/t16-/m1/s1. The average Bonchev–Trinajstić information content (AvgIpc) is 2.60. The van der Waals surface area contributed by atoms with Crippen LogP contribution in [0, 0.1) is 6.92 Å². The maximum Gasteiger partial charge on any atom is 0.252 e. The molecule has 0 radical (unpaired) electrons. The van der Waals surface area contributed by atoms with Gasteiger partial charge in [-0.3, -0.25) is 4.79 Å². The molecule has 0 aliphatic rings. The summed E-state index contributed by atoms with van der Waals surface area (Å²) >= 11 is 23.3. The van der Waals surface area contributed by atoms with Gasteiger partial charge < -0.3 is 20.7 Å². The molecule has 0 aliphatic heterocycles. The number of para-hydroxylation sites is 2. The Morgan fingerprint density at radius 1 is 1.11 bits per heavy atom. The van der Waals surface area contributed by atoms with Crippen molar-refractivity contribution in [2.24, 2.45) is 0 Å². The Bertz CT molecular complexity index is 827. The van der Waals surface area contributed by atoms with E-state index in [0.29, 0.717) is 17.0 Å². The lowest BCUT2D eigenvalue weighted by Crippen LogP contribution is -2.56. The first-order valence-corrected chi connectivity index (χ1v) is 9.39. The molecule has 0 saturated carbocycles. The first-order valence-electron chi connectivity index (χ1n) is 7.85. The second-order valence-electron chi connectivity index (χ2n) is 5.62. The van der Waals surface area contributed by atoms with E-state index in [1.165, 1.54) is 0 Å². The van der Waals surface area contributed by atoms with Gasteiger partial charge in [0, 0.05) is 5.56 Å². The lowest BCUT2D eigenvalue weighted by Gasteiger charge is -2.28. The topological polar surface area (TPSA) is 62.4 Å². The van der Waals surface area contributed by atoms with E-state index >= 15 is 0 Å². The monoisotopic (exact) mass is 445 g/mol. The highest BCUT2D eigenvalue weighted by Crippen LogP contribution is 2.30. The molecule has 9 heteroatoms. The molecule has 2 aromatic rings. The van der Waals surface area contributed by atoms with Crippen LogP contribution in [0.1, 0.15) is 15.9 Å². The summed E-state index contributed by atoms with van der Waals surface area (Å²) in [6, 6.07) is 14.3. The molecule has 0 aromatic heterocycles. The lowest BCUT2D eigenvalue weighted by molar-refractivity contribution is 0.0934. The fraction of sp³-hybridized carbons (Fsp3) is 0.222. The molecule has 2 aromatic carbocycles. The number of aryl methyl sites for hydroxylation is 1. The number of halogens is 3.